The molecule has 0 aliphatic heterocycles. The fourth-order valence-corrected chi connectivity index (χ4v) is 10.8. The number of benzene rings is 10. The number of para-hydroxylation sites is 6. The van der Waals surface area contributed by atoms with Crippen LogP contribution >= 0.6 is 0 Å². The minimum absolute atomic E-state index is 0.507. The molecule has 67 heavy (non-hydrogen) atoms. The molecule has 0 aliphatic rings. The van der Waals surface area contributed by atoms with E-state index >= 15 is 0 Å². The van der Waals surface area contributed by atoms with Gasteiger partial charge in [-0.1, -0.05) is 146 Å². The summed E-state index contributed by atoms with van der Waals surface area (Å²) in [6.45, 7) is 0. The molecular weight excluding hydrogens is 815 g/mol. The maximum atomic E-state index is 10.3. The van der Waals surface area contributed by atoms with E-state index in [4.69, 9.17) is 0 Å². The highest BCUT2D eigenvalue weighted by Gasteiger charge is 2.24. The quantitative estimate of drug-likeness (QED) is 0.167. The summed E-state index contributed by atoms with van der Waals surface area (Å²) in [5, 5.41) is 27.4. The summed E-state index contributed by atoms with van der Waals surface area (Å²) < 4.78 is 7.27. The number of hydrogen-bond acceptors (Lipinski definition) is 2. The van der Waals surface area contributed by atoms with Gasteiger partial charge in [-0.2, -0.15) is 10.5 Å². The van der Waals surface area contributed by atoms with Crippen LogP contribution in [0.4, 0.5) is 0 Å². The fraction of sp³-hybridized carbons (Fsp3) is 0. The van der Waals surface area contributed by atoms with Crippen molar-refractivity contribution in [3.05, 3.63) is 236 Å². The smallest absolute Gasteiger partial charge is 0.0998 e. The first-order valence-corrected chi connectivity index (χ1v) is 22.5. The lowest BCUT2D eigenvalue weighted by atomic mass is 9.89. The van der Waals surface area contributed by atoms with Gasteiger partial charge in [0, 0.05) is 49.0 Å². The summed E-state index contributed by atoms with van der Waals surface area (Å²) in [5.41, 5.74) is 16.8. The van der Waals surface area contributed by atoms with Crippen molar-refractivity contribution in [3.8, 4) is 62.6 Å². The van der Waals surface area contributed by atoms with Crippen LogP contribution < -0.4 is 0 Å². The summed E-state index contributed by atoms with van der Waals surface area (Å²) in [6, 6.07) is 83.9. The van der Waals surface area contributed by atoms with Gasteiger partial charge in [-0.05, 0) is 95.6 Å². The first-order chi connectivity index (χ1) is 33.2. The molecule has 13 rings (SSSR count). The van der Waals surface area contributed by atoms with Crippen LogP contribution in [0.1, 0.15) is 11.1 Å². The van der Waals surface area contributed by atoms with Crippen molar-refractivity contribution < 1.29 is 0 Å². The largest absolute Gasteiger partial charge is 0.309 e. The van der Waals surface area contributed by atoms with Crippen LogP contribution in [0.2, 0.25) is 0 Å². The van der Waals surface area contributed by atoms with E-state index in [0.29, 0.717) is 11.1 Å². The fourth-order valence-electron chi connectivity index (χ4n) is 10.8. The third kappa shape index (κ3) is 5.73. The van der Waals surface area contributed by atoms with E-state index in [1.54, 1.807) is 12.1 Å². The van der Waals surface area contributed by atoms with Gasteiger partial charge in [0.2, 0.25) is 0 Å². The summed E-state index contributed by atoms with van der Waals surface area (Å²) in [7, 11) is 0. The number of nitriles is 2. The summed E-state index contributed by atoms with van der Waals surface area (Å²) >= 11 is 0. The molecule has 0 unspecified atom stereocenters. The van der Waals surface area contributed by atoms with Gasteiger partial charge in [0.25, 0.3) is 0 Å². The second kappa shape index (κ2) is 15.1. The molecular formula is C62H37N5. The lowest BCUT2D eigenvalue weighted by Crippen LogP contribution is -2.02. The number of hydrogen-bond donors (Lipinski definition) is 0. The van der Waals surface area contributed by atoms with E-state index < -0.39 is 0 Å². The van der Waals surface area contributed by atoms with E-state index in [-0.39, 0.29) is 0 Å². The standard InChI is InChI=1S/C62H37N5/c63-38-40-34-35-43(39-64)51(36-40)41-16-13-17-42(37-41)61-49(24-14-31-58(61)65-52-25-7-1-18-44(52)45-19-2-8-26-53(45)65)48-22-5-11-29-56(48)67-57-30-12-6-23-50(57)62-59(32-15-33-60(62)67)66-54-27-9-3-20-46(54)47-21-4-10-28-55(47)66/h1-37H. The van der Waals surface area contributed by atoms with Gasteiger partial charge in [-0.25, -0.2) is 0 Å². The molecule has 3 heterocycles. The third-order valence-electron chi connectivity index (χ3n) is 13.5. The number of rotatable bonds is 6. The molecule has 0 saturated carbocycles. The van der Waals surface area contributed by atoms with Gasteiger partial charge in [0.1, 0.15) is 0 Å². The zero-order chi connectivity index (χ0) is 44.6. The molecule has 5 nitrogen and oxygen atoms in total. The topological polar surface area (TPSA) is 62.4 Å². The van der Waals surface area contributed by atoms with Crippen molar-refractivity contribution in [2.75, 3.05) is 0 Å². The van der Waals surface area contributed by atoms with Gasteiger partial charge in [-0.15, -0.1) is 0 Å². The molecule has 13 aromatic rings. The van der Waals surface area contributed by atoms with E-state index in [2.05, 4.69) is 226 Å². The summed E-state index contributed by atoms with van der Waals surface area (Å²) in [6.07, 6.45) is 0. The SMILES string of the molecule is N#Cc1ccc(C#N)c(-c2cccc(-c3c(-c4ccccc4-n4c5ccccc5c5c(-n6c7ccccc7c7ccccc76)cccc54)cccc3-n3c4ccccc4c4ccccc43)c2)c1. The van der Waals surface area contributed by atoms with Crippen LogP contribution in [0.3, 0.4) is 0 Å². The Kier molecular flexibility index (Phi) is 8.58. The van der Waals surface area contributed by atoms with Crippen LogP contribution in [0.25, 0.3) is 116 Å². The Bertz CT molecular complexity index is 4150. The van der Waals surface area contributed by atoms with E-state index in [9.17, 15) is 10.5 Å². The van der Waals surface area contributed by atoms with Crippen molar-refractivity contribution in [3.63, 3.8) is 0 Å². The van der Waals surface area contributed by atoms with E-state index in [1.165, 1.54) is 43.4 Å². The second-order valence-electron chi connectivity index (χ2n) is 17.0. The first kappa shape index (κ1) is 38.1. The number of aromatic nitrogens is 3. The minimum Gasteiger partial charge on any atom is -0.309 e. The molecule has 310 valence electrons. The van der Waals surface area contributed by atoms with E-state index in [0.717, 1.165) is 72.5 Å². The molecule has 5 heteroatoms. The Morgan fingerprint density at radius 1 is 0.299 bits per heavy atom. The van der Waals surface area contributed by atoms with Gasteiger partial charge >= 0.3 is 0 Å². The van der Waals surface area contributed by atoms with E-state index in [1.807, 2.05) is 12.1 Å². The molecule has 0 radical (unpaired) electrons. The Labute approximate surface area is 386 Å². The Morgan fingerprint density at radius 3 is 1.37 bits per heavy atom. The molecule has 0 fully saturated rings. The molecule has 10 aromatic carbocycles. The lowest BCUT2D eigenvalue weighted by Gasteiger charge is -2.21. The number of fused-ring (bicyclic) bond motifs is 9. The summed E-state index contributed by atoms with van der Waals surface area (Å²) in [4.78, 5) is 0. The maximum Gasteiger partial charge on any atom is 0.0998 e. The Morgan fingerprint density at radius 2 is 0.746 bits per heavy atom. The molecule has 0 aliphatic carbocycles. The molecule has 0 amide bonds. The van der Waals surface area contributed by atoms with Crippen molar-refractivity contribution >= 4 is 65.4 Å². The molecule has 0 atom stereocenters. The second-order valence-corrected chi connectivity index (χ2v) is 17.0. The molecule has 0 saturated heterocycles. The predicted molar refractivity (Wildman–Crippen MR) is 275 cm³/mol. The summed E-state index contributed by atoms with van der Waals surface area (Å²) in [5.74, 6) is 0. The minimum atomic E-state index is 0.507. The average molecular weight is 852 g/mol. The average Bonchev–Trinajstić information content (AvgIpc) is 4.04. The highest BCUT2D eigenvalue weighted by molar-refractivity contribution is 6.17. The van der Waals surface area contributed by atoms with Crippen LogP contribution in [0.5, 0.6) is 0 Å². The van der Waals surface area contributed by atoms with Gasteiger partial charge in [-0.3, -0.25) is 0 Å². The highest BCUT2D eigenvalue weighted by Crippen LogP contribution is 2.46. The monoisotopic (exact) mass is 851 g/mol. The molecule has 0 N–H and O–H groups in total. The van der Waals surface area contributed by atoms with Crippen molar-refractivity contribution in [2.45, 2.75) is 0 Å². The zero-order valence-electron chi connectivity index (χ0n) is 36.1. The van der Waals surface area contributed by atoms with Gasteiger partial charge < -0.3 is 13.7 Å². The third-order valence-corrected chi connectivity index (χ3v) is 13.5. The zero-order valence-corrected chi connectivity index (χ0v) is 36.1. The molecule has 0 bridgehead atoms. The lowest BCUT2D eigenvalue weighted by molar-refractivity contribution is 1.16. The Balaban J connectivity index is 1.12. The van der Waals surface area contributed by atoms with Crippen LogP contribution in [0.15, 0.2) is 224 Å². The molecule has 3 aromatic heterocycles. The van der Waals surface area contributed by atoms with Crippen LogP contribution in [-0.4, -0.2) is 13.7 Å². The van der Waals surface area contributed by atoms with Crippen LogP contribution in [0, 0.1) is 22.7 Å². The van der Waals surface area contributed by atoms with Gasteiger partial charge in [0.05, 0.1) is 73.4 Å². The van der Waals surface area contributed by atoms with Crippen LogP contribution in [-0.2, 0) is 0 Å². The normalized spacial score (nSPS) is 11.6. The molecule has 0 spiro atoms. The van der Waals surface area contributed by atoms with Crippen molar-refractivity contribution in [1.82, 2.24) is 13.7 Å². The van der Waals surface area contributed by atoms with Crippen molar-refractivity contribution in [1.29, 1.82) is 10.5 Å². The number of nitrogens with zero attached hydrogens (tertiary/aromatic N) is 5. The van der Waals surface area contributed by atoms with Gasteiger partial charge in [0.15, 0.2) is 0 Å². The maximum absolute atomic E-state index is 10.3. The Hall–Kier alpha value is -9.42. The first-order valence-electron chi connectivity index (χ1n) is 22.5. The predicted octanol–water partition coefficient (Wildman–Crippen LogP) is 15.7. The van der Waals surface area contributed by atoms with Crippen molar-refractivity contribution in [2.24, 2.45) is 0 Å². The highest BCUT2D eigenvalue weighted by atomic mass is 15.0.